The Morgan fingerprint density at radius 3 is 2.09 bits per heavy atom. The van der Waals surface area contributed by atoms with E-state index in [2.05, 4.69) is 4.28 Å². The molecule has 11 heavy (non-hydrogen) atoms. The highest BCUT2D eigenvalue weighted by molar-refractivity contribution is 7.80. The molecule has 7 heteroatoms. The van der Waals surface area contributed by atoms with Gasteiger partial charge in [0, 0.05) is 0 Å². The first-order valence-electron chi connectivity index (χ1n) is 2.77. The lowest BCUT2D eigenvalue weighted by molar-refractivity contribution is -0.148. The third-order valence-corrected chi connectivity index (χ3v) is 1.15. The second kappa shape index (κ2) is 3.65. The normalized spacial score (nSPS) is 11.6. The van der Waals surface area contributed by atoms with Crippen LogP contribution in [0.1, 0.15) is 13.8 Å². The van der Waals surface area contributed by atoms with Crippen molar-refractivity contribution in [1.29, 1.82) is 0 Å². The van der Waals surface area contributed by atoms with Gasteiger partial charge < -0.3 is 0 Å². The topological polar surface area (TPSA) is 83.9 Å². The highest BCUT2D eigenvalue weighted by Gasteiger charge is 2.15. The summed E-state index contributed by atoms with van der Waals surface area (Å²) < 4.78 is 32.0. The quantitative estimate of drug-likeness (QED) is 0.364. The first-order valence-corrected chi connectivity index (χ1v) is 4.14. The molecule has 0 aliphatic carbocycles. The van der Waals surface area contributed by atoms with Gasteiger partial charge in [-0.1, -0.05) is 0 Å². The SMILES string of the molecule is CC(C)N(C=O)OS(=O)(=O)O. The van der Waals surface area contributed by atoms with E-state index in [1.54, 1.807) is 0 Å². The van der Waals surface area contributed by atoms with Crippen LogP contribution in [0.5, 0.6) is 0 Å². The molecule has 0 radical (unpaired) electrons. The maximum absolute atomic E-state index is 10.0. The van der Waals surface area contributed by atoms with Gasteiger partial charge in [-0.25, -0.2) is 5.06 Å². The average molecular weight is 183 g/mol. The molecule has 0 aromatic rings. The zero-order valence-corrected chi connectivity index (χ0v) is 6.91. The predicted octanol–water partition coefficient (Wildman–Crippen LogP) is -0.412. The van der Waals surface area contributed by atoms with Gasteiger partial charge in [0.25, 0.3) is 0 Å². The molecular formula is C4H9NO5S. The summed E-state index contributed by atoms with van der Waals surface area (Å²) in [6.45, 7) is 3.05. The fourth-order valence-corrected chi connectivity index (χ4v) is 0.759. The van der Waals surface area contributed by atoms with E-state index in [1.807, 2.05) is 0 Å². The van der Waals surface area contributed by atoms with Crippen LogP contribution in [0.4, 0.5) is 0 Å². The van der Waals surface area contributed by atoms with Crippen molar-refractivity contribution in [3.63, 3.8) is 0 Å². The van der Waals surface area contributed by atoms with Crippen molar-refractivity contribution in [2.45, 2.75) is 19.9 Å². The molecule has 1 amide bonds. The fraction of sp³-hybridized carbons (Fsp3) is 0.750. The van der Waals surface area contributed by atoms with Gasteiger partial charge in [-0.15, -0.1) is 4.28 Å². The molecule has 1 N–H and O–H groups in total. The van der Waals surface area contributed by atoms with E-state index in [9.17, 15) is 13.2 Å². The third-order valence-electron chi connectivity index (χ3n) is 0.793. The Morgan fingerprint density at radius 1 is 1.55 bits per heavy atom. The largest absolute Gasteiger partial charge is 0.418 e. The van der Waals surface area contributed by atoms with Crippen molar-refractivity contribution in [1.82, 2.24) is 5.06 Å². The lowest BCUT2D eigenvalue weighted by Crippen LogP contribution is -2.31. The Hall–Kier alpha value is -0.660. The molecule has 0 unspecified atom stereocenters. The minimum absolute atomic E-state index is 0.165. The number of nitrogens with zero attached hydrogens (tertiary/aromatic N) is 1. The predicted molar refractivity (Wildman–Crippen MR) is 35.7 cm³/mol. The summed E-state index contributed by atoms with van der Waals surface area (Å²) in [6, 6.07) is -0.450. The molecule has 0 saturated heterocycles. The van der Waals surface area contributed by atoms with Crippen LogP contribution in [0.2, 0.25) is 0 Å². The number of carbonyl (C=O) groups excluding carboxylic acids is 1. The van der Waals surface area contributed by atoms with Gasteiger partial charge in [0.1, 0.15) is 0 Å². The van der Waals surface area contributed by atoms with Gasteiger partial charge in [0.15, 0.2) is 0 Å². The third kappa shape index (κ3) is 4.71. The summed E-state index contributed by atoms with van der Waals surface area (Å²) in [7, 11) is -4.59. The molecule has 0 aliphatic rings. The number of hydrogen-bond donors (Lipinski definition) is 1. The van der Waals surface area contributed by atoms with E-state index in [0.717, 1.165) is 0 Å². The van der Waals surface area contributed by atoms with Gasteiger partial charge >= 0.3 is 10.4 Å². The number of rotatable bonds is 4. The van der Waals surface area contributed by atoms with Gasteiger partial charge in [-0.2, -0.15) is 8.42 Å². The number of amides is 1. The minimum atomic E-state index is -4.59. The average Bonchev–Trinajstić information content (AvgIpc) is 1.80. The van der Waals surface area contributed by atoms with Gasteiger partial charge in [-0.05, 0) is 13.8 Å². The van der Waals surface area contributed by atoms with Crippen molar-refractivity contribution < 1.29 is 22.0 Å². The molecule has 0 aromatic heterocycles. The van der Waals surface area contributed by atoms with Crippen molar-refractivity contribution >= 4 is 16.8 Å². The molecule has 6 nitrogen and oxygen atoms in total. The van der Waals surface area contributed by atoms with Crippen molar-refractivity contribution in [3.8, 4) is 0 Å². The monoisotopic (exact) mass is 183 g/mol. The van der Waals surface area contributed by atoms with Crippen LogP contribution in [0.3, 0.4) is 0 Å². The van der Waals surface area contributed by atoms with Crippen molar-refractivity contribution in [3.05, 3.63) is 0 Å². The molecule has 0 fully saturated rings. The van der Waals surface area contributed by atoms with Crippen LogP contribution in [-0.2, 0) is 19.5 Å². The van der Waals surface area contributed by atoms with Crippen molar-refractivity contribution in [2.24, 2.45) is 0 Å². The van der Waals surface area contributed by atoms with E-state index >= 15 is 0 Å². The Balaban J connectivity index is 4.22. The highest BCUT2D eigenvalue weighted by atomic mass is 32.3. The Labute approximate surface area is 64.7 Å². The lowest BCUT2D eigenvalue weighted by atomic mass is 10.4. The lowest BCUT2D eigenvalue weighted by Gasteiger charge is -2.16. The van der Waals surface area contributed by atoms with Gasteiger partial charge in [0.2, 0.25) is 6.41 Å². The molecule has 0 aromatic carbocycles. The fourth-order valence-electron chi connectivity index (χ4n) is 0.334. The van der Waals surface area contributed by atoms with Crippen LogP contribution >= 0.6 is 0 Å². The van der Waals surface area contributed by atoms with Gasteiger partial charge in [-0.3, -0.25) is 9.35 Å². The molecular weight excluding hydrogens is 174 g/mol. The summed E-state index contributed by atoms with van der Waals surface area (Å²) >= 11 is 0. The summed E-state index contributed by atoms with van der Waals surface area (Å²) in [5.41, 5.74) is 0. The summed E-state index contributed by atoms with van der Waals surface area (Å²) in [5, 5.41) is 0.481. The molecule has 0 rings (SSSR count). The van der Waals surface area contributed by atoms with Crippen LogP contribution in [0.25, 0.3) is 0 Å². The van der Waals surface area contributed by atoms with Crippen molar-refractivity contribution in [2.75, 3.05) is 0 Å². The molecule has 66 valence electrons. The summed E-state index contributed by atoms with van der Waals surface area (Å²) in [6.07, 6.45) is 0.165. The standard InChI is InChI=1S/C4H9NO5S/c1-4(2)5(3-6)10-11(7,8)9/h3-4H,1-2H3,(H,7,8,9). The molecule has 0 heterocycles. The number of hydrogen-bond acceptors (Lipinski definition) is 4. The zero-order valence-electron chi connectivity index (χ0n) is 6.09. The van der Waals surface area contributed by atoms with E-state index in [-0.39, 0.29) is 6.41 Å². The Morgan fingerprint density at radius 2 is 2.00 bits per heavy atom. The summed E-state index contributed by atoms with van der Waals surface area (Å²) in [4.78, 5) is 10.0. The smallest absolute Gasteiger partial charge is 0.276 e. The second-order valence-electron chi connectivity index (χ2n) is 2.06. The maximum Gasteiger partial charge on any atom is 0.418 e. The molecule has 0 bridgehead atoms. The molecule has 0 aliphatic heterocycles. The first kappa shape index (κ1) is 10.3. The van der Waals surface area contributed by atoms with Crippen LogP contribution in [0, 0.1) is 0 Å². The Kier molecular flexibility index (Phi) is 3.43. The van der Waals surface area contributed by atoms with Crippen LogP contribution in [-0.4, -0.2) is 30.5 Å². The highest BCUT2D eigenvalue weighted by Crippen LogP contribution is 1.98. The number of carbonyl (C=O) groups is 1. The second-order valence-corrected chi connectivity index (χ2v) is 3.07. The van der Waals surface area contributed by atoms with Crippen LogP contribution < -0.4 is 0 Å². The molecule has 0 atom stereocenters. The van der Waals surface area contributed by atoms with E-state index in [4.69, 9.17) is 4.55 Å². The first-order chi connectivity index (χ1) is 4.87. The molecule has 0 spiro atoms. The van der Waals surface area contributed by atoms with Crippen LogP contribution in [0.15, 0.2) is 0 Å². The zero-order chi connectivity index (χ0) is 9.07. The minimum Gasteiger partial charge on any atom is -0.276 e. The van der Waals surface area contributed by atoms with E-state index in [0.29, 0.717) is 5.06 Å². The van der Waals surface area contributed by atoms with Gasteiger partial charge in [0.05, 0.1) is 6.04 Å². The molecule has 0 saturated carbocycles. The number of hydroxylamine groups is 2. The van der Waals surface area contributed by atoms with E-state index < -0.39 is 16.4 Å². The maximum atomic E-state index is 10.0. The Bertz CT molecular complexity index is 221. The van der Waals surface area contributed by atoms with E-state index in [1.165, 1.54) is 13.8 Å². The summed E-state index contributed by atoms with van der Waals surface area (Å²) in [5.74, 6) is 0.